The van der Waals surface area contributed by atoms with Crippen molar-refractivity contribution >= 4 is 17.3 Å². The highest BCUT2D eigenvalue weighted by Crippen LogP contribution is 2.27. The molecule has 1 aromatic carbocycles. The first-order chi connectivity index (χ1) is 6.81. The third-order valence-corrected chi connectivity index (χ3v) is 3.14. The summed E-state index contributed by atoms with van der Waals surface area (Å²) in [7, 11) is 2.16. The fourth-order valence-electron chi connectivity index (χ4n) is 2.05. The molecular weight excluding hydrogens is 194 g/mol. The van der Waals surface area contributed by atoms with Gasteiger partial charge in [0.2, 0.25) is 0 Å². The molecule has 0 aliphatic carbocycles. The number of fused-ring (bicyclic) bond motifs is 1. The highest BCUT2D eigenvalue weighted by molar-refractivity contribution is 6.17. The van der Waals surface area contributed by atoms with Gasteiger partial charge in [-0.05, 0) is 36.5 Å². The van der Waals surface area contributed by atoms with E-state index in [-0.39, 0.29) is 0 Å². The second-order valence-corrected chi connectivity index (χ2v) is 4.31. The fraction of sp³-hybridized carbons (Fsp3) is 0.500. The van der Waals surface area contributed by atoms with E-state index in [1.165, 1.54) is 23.2 Å². The van der Waals surface area contributed by atoms with Gasteiger partial charge in [-0.1, -0.05) is 12.1 Å². The Labute approximate surface area is 90.7 Å². The molecule has 1 nitrogen and oxygen atoms in total. The van der Waals surface area contributed by atoms with E-state index in [9.17, 15) is 0 Å². The van der Waals surface area contributed by atoms with Crippen LogP contribution < -0.4 is 4.90 Å². The lowest BCUT2D eigenvalue weighted by molar-refractivity contribution is 0.925. The van der Waals surface area contributed by atoms with Crippen molar-refractivity contribution in [3.63, 3.8) is 0 Å². The third-order valence-electron chi connectivity index (χ3n) is 2.87. The maximum absolute atomic E-state index is 5.68. The number of aryl methyl sites for hydroxylation is 1. The molecule has 1 aliphatic rings. The molecule has 2 rings (SSSR count). The lowest BCUT2D eigenvalue weighted by Gasteiger charge is -2.11. The van der Waals surface area contributed by atoms with Crippen LogP contribution in [-0.4, -0.2) is 19.5 Å². The molecule has 0 spiro atoms. The lowest BCUT2D eigenvalue weighted by atomic mass is 10.1. The molecule has 1 heterocycles. The summed E-state index contributed by atoms with van der Waals surface area (Å²) in [6.07, 6.45) is 3.39. The standard InChI is InChI=1S/C12H16ClN/c1-14-8-6-11-9-10(3-2-7-13)4-5-12(11)14/h4-5,9H,2-3,6-8H2,1H3. The first-order valence-electron chi connectivity index (χ1n) is 5.20. The van der Waals surface area contributed by atoms with Gasteiger partial charge in [-0.15, -0.1) is 11.6 Å². The van der Waals surface area contributed by atoms with Crippen molar-refractivity contribution in [1.82, 2.24) is 0 Å². The van der Waals surface area contributed by atoms with E-state index in [4.69, 9.17) is 11.6 Å². The van der Waals surface area contributed by atoms with Gasteiger partial charge < -0.3 is 4.90 Å². The van der Waals surface area contributed by atoms with Crippen molar-refractivity contribution in [2.45, 2.75) is 19.3 Å². The predicted octanol–water partition coefficient (Wildman–Crippen LogP) is 2.85. The Balaban J connectivity index is 2.15. The topological polar surface area (TPSA) is 3.24 Å². The highest BCUT2D eigenvalue weighted by atomic mass is 35.5. The Bertz CT molecular complexity index is 322. The first kappa shape index (κ1) is 9.85. The Kier molecular flexibility index (Phi) is 2.97. The number of halogens is 1. The molecule has 1 aliphatic heterocycles. The van der Waals surface area contributed by atoms with Gasteiger partial charge in [0, 0.05) is 25.2 Å². The van der Waals surface area contributed by atoms with E-state index in [0.717, 1.165) is 25.3 Å². The van der Waals surface area contributed by atoms with Crippen LogP contribution in [0.2, 0.25) is 0 Å². The molecule has 76 valence electrons. The summed E-state index contributed by atoms with van der Waals surface area (Å²) in [5.41, 5.74) is 4.33. The van der Waals surface area contributed by atoms with Crippen molar-refractivity contribution < 1.29 is 0 Å². The van der Waals surface area contributed by atoms with Crippen LogP contribution in [0, 0.1) is 0 Å². The molecule has 0 atom stereocenters. The summed E-state index contributed by atoms with van der Waals surface area (Å²) in [5, 5.41) is 0. The molecule has 14 heavy (non-hydrogen) atoms. The van der Waals surface area contributed by atoms with Gasteiger partial charge in [0.05, 0.1) is 0 Å². The smallest absolute Gasteiger partial charge is 0.0397 e. The van der Waals surface area contributed by atoms with Crippen molar-refractivity contribution in [2.75, 3.05) is 24.4 Å². The molecule has 0 unspecified atom stereocenters. The SMILES string of the molecule is CN1CCc2cc(CCCCl)ccc21. The van der Waals surface area contributed by atoms with Crippen molar-refractivity contribution in [3.05, 3.63) is 29.3 Å². The summed E-state index contributed by atoms with van der Waals surface area (Å²) in [6.45, 7) is 1.16. The zero-order valence-corrected chi connectivity index (χ0v) is 9.35. The minimum Gasteiger partial charge on any atom is -0.374 e. The van der Waals surface area contributed by atoms with Gasteiger partial charge in [0.1, 0.15) is 0 Å². The van der Waals surface area contributed by atoms with Crippen LogP contribution in [0.3, 0.4) is 0 Å². The number of likely N-dealkylation sites (N-methyl/N-ethyl adjacent to an activating group) is 1. The van der Waals surface area contributed by atoms with E-state index in [0.29, 0.717) is 0 Å². The van der Waals surface area contributed by atoms with Gasteiger partial charge in [0.25, 0.3) is 0 Å². The van der Waals surface area contributed by atoms with Gasteiger partial charge in [-0.25, -0.2) is 0 Å². The van der Waals surface area contributed by atoms with Crippen LogP contribution in [0.4, 0.5) is 5.69 Å². The van der Waals surface area contributed by atoms with E-state index < -0.39 is 0 Å². The third kappa shape index (κ3) is 1.88. The summed E-state index contributed by atoms with van der Waals surface area (Å²) in [6, 6.07) is 6.81. The molecule has 0 aromatic heterocycles. The number of anilines is 1. The molecular formula is C12H16ClN. The number of nitrogens with zero attached hydrogens (tertiary/aromatic N) is 1. The minimum absolute atomic E-state index is 0.761. The van der Waals surface area contributed by atoms with Crippen LogP contribution in [0.1, 0.15) is 17.5 Å². The van der Waals surface area contributed by atoms with Crippen LogP contribution in [0.15, 0.2) is 18.2 Å². The monoisotopic (exact) mass is 209 g/mol. The van der Waals surface area contributed by atoms with Gasteiger partial charge in [0.15, 0.2) is 0 Å². The molecule has 0 radical (unpaired) electrons. The van der Waals surface area contributed by atoms with E-state index in [2.05, 4.69) is 30.1 Å². The van der Waals surface area contributed by atoms with Crippen LogP contribution in [0.5, 0.6) is 0 Å². The number of hydrogen-bond donors (Lipinski definition) is 0. The zero-order chi connectivity index (χ0) is 9.97. The van der Waals surface area contributed by atoms with E-state index >= 15 is 0 Å². The Hall–Kier alpha value is -0.690. The molecule has 0 bridgehead atoms. The molecule has 1 aromatic rings. The quantitative estimate of drug-likeness (QED) is 0.692. The van der Waals surface area contributed by atoms with Crippen LogP contribution in [0.25, 0.3) is 0 Å². The average molecular weight is 210 g/mol. The number of rotatable bonds is 3. The number of benzene rings is 1. The lowest BCUT2D eigenvalue weighted by Crippen LogP contribution is -2.12. The second-order valence-electron chi connectivity index (χ2n) is 3.93. The fourth-order valence-corrected chi connectivity index (χ4v) is 2.18. The van der Waals surface area contributed by atoms with Crippen molar-refractivity contribution in [2.24, 2.45) is 0 Å². The Morgan fingerprint density at radius 2 is 2.29 bits per heavy atom. The Morgan fingerprint density at radius 3 is 3.07 bits per heavy atom. The maximum Gasteiger partial charge on any atom is 0.0397 e. The van der Waals surface area contributed by atoms with Crippen molar-refractivity contribution in [1.29, 1.82) is 0 Å². The predicted molar refractivity (Wildman–Crippen MR) is 62.5 cm³/mol. The molecule has 0 N–H and O–H groups in total. The molecule has 2 heteroatoms. The zero-order valence-electron chi connectivity index (χ0n) is 8.59. The van der Waals surface area contributed by atoms with Crippen molar-refractivity contribution in [3.8, 4) is 0 Å². The van der Waals surface area contributed by atoms with Gasteiger partial charge in [-0.2, -0.15) is 0 Å². The van der Waals surface area contributed by atoms with Gasteiger partial charge in [-0.3, -0.25) is 0 Å². The molecule has 0 amide bonds. The van der Waals surface area contributed by atoms with Crippen LogP contribution >= 0.6 is 11.6 Å². The Morgan fingerprint density at radius 1 is 1.43 bits per heavy atom. The largest absolute Gasteiger partial charge is 0.374 e. The summed E-state index contributed by atoms with van der Waals surface area (Å²) in [4.78, 5) is 2.32. The minimum atomic E-state index is 0.761. The average Bonchev–Trinajstić information content (AvgIpc) is 2.57. The maximum atomic E-state index is 5.68. The summed E-state index contributed by atoms with van der Waals surface area (Å²) in [5.74, 6) is 0.761. The van der Waals surface area contributed by atoms with E-state index in [1.54, 1.807) is 0 Å². The number of hydrogen-bond acceptors (Lipinski definition) is 1. The van der Waals surface area contributed by atoms with E-state index in [1.807, 2.05) is 0 Å². The molecule has 0 fully saturated rings. The normalized spacial score (nSPS) is 14.6. The molecule has 0 saturated heterocycles. The van der Waals surface area contributed by atoms with Gasteiger partial charge >= 0.3 is 0 Å². The second kappa shape index (κ2) is 4.22. The highest BCUT2D eigenvalue weighted by Gasteiger charge is 2.14. The first-order valence-corrected chi connectivity index (χ1v) is 5.73. The number of alkyl halides is 1. The molecule has 0 saturated carbocycles. The summed E-state index contributed by atoms with van der Waals surface area (Å²) < 4.78 is 0. The summed E-state index contributed by atoms with van der Waals surface area (Å²) >= 11 is 5.68. The van der Waals surface area contributed by atoms with Crippen LogP contribution in [-0.2, 0) is 12.8 Å².